The number of carbonyl (C=O) groups is 1. The molecule has 0 bridgehead atoms. The van der Waals surface area contributed by atoms with Crippen molar-refractivity contribution in [2.75, 3.05) is 12.9 Å². The first kappa shape index (κ1) is 19.5. The van der Waals surface area contributed by atoms with Crippen molar-refractivity contribution >= 4 is 15.8 Å². The largest absolute Gasteiger partial charge is 0.481 e. The number of rotatable bonds is 6. The number of carboxylic acids is 1. The Kier molecular flexibility index (Phi) is 5.68. The van der Waals surface area contributed by atoms with E-state index in [1.165, 1.54) is 18.2 Å². The number of sulfone groups is 1. The number of carboxylic acid groups (broad SMARTS) is 1. The van der Waals surface area contributed by atoms with Crippen LogP contribution in [0.3, 0.4) is 0 Å². The highest BCUT2D eigenvalue weighted by atomic mass is 32.2. The average molecular weight is 373 g/mol. The number of hydrogen-bond acceptors (Lipinski definition) is 5. The van der Waals surface area contributed by atoms with E-state index in [0.717, 1.165) is 11.8 Å². The van der Waals surface area contributed by atoms with Crippen LogP contribution in [0.1, 0.15) is 30.9 Å². The molecule has 1 N–H and O–H groups in total. The zero-order valence-electron chi connectivity index (χ0n) is 14.7. The third-order valence-electron chi connectivity index (χ3n) is 3.82. The smallest absolute Gasteiger partial charge is 0.341 e. The van der Waals surface area contributed by atoms with E-state index < -0.39 is 22.4 Å². The predicted molar refractivity (Wildman–Crippen MR) is 96.9 cm³/mol. The molecule has 0 fully saturated rings. The molecular formula is C19H19NO5S. The molecule has 0 aromatic heterocycles. The van der Waals surface area contributed by atoms with Crippen LogP contribution in [0.5, 0.6) is 5.75 Å². The second kappa shape index (κ2) is 7.58. The van der Waals surface area contributed by atoms with Gasteiger partial charge in [-0.15, -0.1) is 0 Å². The third-order valence-corrected chi connectivity index (χ3v) is 4.94. The minimum atomic E-state index is -3.43. The third kappa shape index (κ3) is 4.41. The molecule has 2 aromatic rings. The van der Waals surface area contributed by atoms with Gasteiger partial charge in [0.1, 0.15) is 5.75 Å². The first-order chi connectivity index (χ1) is 12.1. The number of nitriles is 1. The Balaban J connectivity index is 2.75. The van der Waals surface area contributed by atoms with Crippen LogP contribution >= 0.6 is 0 Å². The maximum absolute atomic E-state index is 12.0. The van der Waals surface area contributed by atoms with Gasteiger partial charge >= 0.3 is 5.97 Å². The second-order valence-corrected chi connectivity index (χ2v) is 8.20. The van der Waals surface area contributed by atoms with Gasteiger partial charge in [-0.2, -0.15) is 5.26 Å². The highest BCUT2D eigenvalue weighted by Gasteiger charge is 2.18. The SMILES string of the molecule is CC(C)c1ccc(S(C)(=O)=O)cc1-c1cc(C#N)ccc1OCC(=O)O. The molecule has 136 valence electrons. The first-order valence-corrected chi connectivity index (χ1v) is 9.75. The summed E-state index contributed by atoms with van der Waals surface area (Å²) in [6.45, 7) is 3.39. The molecule has 26 heavy (non-hydrogen) atoms. The van der Waals surface area contributed by atoms with Crippen molar-refractivity contribution in [3.05, 3.63) is 47.5 Å². The number of hydrogen-bond donors (Lipinski definition) is 1. The van der Waals surface area contributed by atoms with Crippen LogP contribution < -0.4 is 4.74 Å². The summed E-state index contributed by atoms with van der Waals surface area (Å²) in [6, 6.07) is 11.5. The van der Waals surface area contributed by atoms with Gasteiger partial charge in [0.15, 0.2) is 16.4 Å². The zero-order chi connectivity index (χ0) is 19.5. The Morgan fingerprint density at radius 1 is 1.19 bits per heavy atom. The molecule has 2 rings (SSSR count). The molecule has 6 nitrogen and oxygen atoms in total. The van der Waals surface area contributed by atoms with Gasteiger partial charge < -0.3 is 9.84 Å². The molecule has 7 heteroatoms. The Morgan fingerprint density at radius 3 is 2.42 bits per heavy atom. The van der Waals surface area contributed by atoms with Crippen molar-refractivity contribution in [3.8, 4) is 22.9 Å². The summed E-state index contributed by atoms with van der Waals surface area (Å²) in [7, 11) is -3.43. The maximum atomic E-state index is 12.0. The zero-order valence-corrected chi connectivity index (χ0v) is 15.5. The molecule has 0 saturated heterocycles. The Hall–Kier alpha value is -2.85. The molecule has 0 aliphatic rings. The fraction of sp³-hybridized carbons (Fsp3) is 0.263. The van der Waals surface area contributed by atoms with Gasteiger partial charge in [0.25, 0.3) is 0 Å². The second-order valence-electron chi connectivity index (χ2n) is 6.18. The molecule has 0 amide bonds. The topological polar surface area (TPSA) is 104 Å². The summed E-state index contributed by atoms with van der Waals surface area (Å²) in [4.78, 5) is 11.0. The highest BCUT2D eigenvalue weighted by Crippen LogP contribution is 2.37. The summed E-state index contributed by atoms with van der Waals surface area (Å²) in [5.41, 5.74) is 2.31. The molecule has 2 aromatic carbocycles. The van der Waals surface area contributed by atoms with Crippen LogP contribution in [-0.4, -0.2) is 32.4 Å². The van der Waals surface area contributed by atoms with E-state index in [4.69, 9.17) is 9.84 Å². The molecule has 0 atom stereocenters. The lowest BCUT2D eigenvalue weighted by atomic mass is 9.91. The van der Waals surface area contributed by atoms with Crippen LogP contribution in [0.4, 0.5) is 0 Å². The van der Waals surface area contributed by atoms with Crippen LogP contribution in [0, 0.1) is 11.3 Å². The van der Waals surface area contributed by atoms with Crippen molar-refractivity contribution < 1.29 is 23.1 Å². The summed E-state index contributed by atoms with van der Waals surface area (Å²) >= 11 is 0. The minimum absolute atomic E-state index is 0.0803. The summed E-state index contributed by atoms with van der Waals surface area (Å²) in [5.74, 6) is -0.773. The summed E-state index contributed by atoms with van der Waals surface area (Å²) < 4.78 is 29.3. The van der Waals surface area contributed by atoms with E-state index in [9.17, 15) is 18.5 Å². The van der Waals surface area contributed by atoms with E-state index in [2.05, 4.69) is 0 Å². The van der Waals surface area contributed by atoms with Crippen LogP contribution in [0.15, 0.2) is 41.3 Å². The van der Waals surface area contributed by atoms with Crippen LogP contribution in [0.2, 0.25) is 0 Å². The average Bonchev–Trinajstić information content (AvgIpc) is 2.58. The van der Waals surface area contributed by atoms with Gasteiger partial charge in [0.2, 0.25) is 0 Å². The van der Waals surface area contributed by atoms with Gasteiger partial charge in [-0.05, 0) is 47.4 Å². The Morgan fingerprint density at radius 2 is 1.88 bits per heavy atom. The Labute approximate surface area is 152 Å². The van der Waals surface area contributed by atoms with E-state index >= 15 is 0 Å². The summed E-state index contributed by atoms with van der Waals surface area (Å²) in [6.07, 6.45) is 1.12. The van der Waals surface area contributed by atoms with E-state index in [0.29, 0.717) is 16.7 Å². The molecule has 0 spiro atoms. The van der Waals surface area contributed by atoms with Gasteiger partial charge in [0, 0.05) is 11.8 Å². The molecule has 0 saturated carbocycles. The van der Waals surface area contributed by atoms with E-state index in [-0.39, 0.29) is 16.6 Å². The molecule has 0 aliphatic carbocycles. The van der Waals surface area contributed by atoms with Crippen molar-refractivity contribution in [3.63, 3.8) is 0 Å². The van der Waals surface area contributed by atoms with Crippen molar-refractivity contribution in [1.29, 1.82) is 5.26 Å². The van der Waals surface area contributed by atoms with E-state index in [1.54, 1.807) is 18.2 Å². The van der Waals surface area contributed by atoms with Crippen molar-refractivity contribution in [2.45, 2.75) is 24.7 Å². The fourth-order valence-corrected chi connectivity index (χ4v) is 3.23. The minimum Gasteiger partial charge on any atom is -0.481 e. The van der Waals surface area contributed by atoms with Crippen molar-refractivity contribution in [2.24, 2.45) is 0 Å². The quantitative estimate of drug-likeness (QED) is 0.834. The molecule has 0 heterocycles. The van der Waals surface area contributed by atoms with Crippen LogP contribution in [-0.2, 0) is 14.6 Å². The normalized spacial score (nSPS) is 11.2. The number of ether oxygens (including phenoxy) is 1. The van der Waals surface area contributed by atoms with Crippen LogP contribution in [0.25, 0.3) is 11.1 Å². The molecule has 0 radical (unpaired) electrons. The monoisotopic (exact) mass is 373 g/mol. The number of aliphatic carboxylic acids is 1. The number of nitrogens with zero attached hydrogens (tertiary/aromatic N) is 1. The lowest BCUT2D eigenvalue weighted by Crippen LogP contribution is -2.10. The highest BCUT2D eigenvalue weighted by molar-refractivity contribution is 7.90. The predicted octanol–water partition coefficient (Wildman–Crippen LogP) is 3.22. The number of benzene rings is 2. The lowest BCUT2D eigenvalue weighted by molar-refractivity contribution is -0.139. The van der Waals surface area contributed by atoms with E-state index in [1.807, 2.05) is 19.9 Å². The Bertz CT molecular complexity index is 987. The molecular weight excluding hydrogens is 354 g/mol. The first-order valence-electron chi connectivity index (χ1n) is 7.86. The van der Waals surface area contributed by atoms with Gasteiger partial charge in [0.05, 0.1) is 16.5 Å². The van der Waals surface area contributed by atoms with Gasteiger partial charge in [-0.1, -0.05) is 19.9 Å². The fourth-order valence-electron chi connectivity index (χ4n) is 2.58. The molecule has 0 aliphatic heterocycles. The maximum Gasteiger partial charge on any atom is 0.341 e. The standard InChI is InChI=1S/C19H19NO5S/c1-12(2)15-6-5-14(26(3,23)24)9-16(15)17-8-13(10-20)4-7-18(17)25-11-19(21)22/h4-9,12H,11H2,1-3H3,(H,21,22). The van der Waals surface area contributed by atoms with Crippen molar-refractivity contribution in [1.82, 2.24) is 0 Å². The van der Waals surface area contributed by atoms with Gasteiger partial charge in [-0.3, -0.25) is 0 Å². The molecule has 0 unspecified atom stereocenters. The summed E-state index contributed by atoms with van der Waals surface area (Å²) in [5, 5.41) is 18.1. The van der Waals surface area contributed by atoms with Gasteiger partial charge in [-0.25, -0.2) is 13.2 Å². The lowest BCUT2D eigenvalue weighted by Gasteiger charge is -2.17.